The van der Waals surface area contributed by atoms with E-state index in [0.717, 1.165) is 24.4 Å². The number of rotatable bonds is 1. The number of ether oxygens (including phenoxy) is 2. The third kappa shape index (κ3) is 1.83. The molecule has 2 heteroatoms. The molecule has 0 aromatic heterocycles. The van der Waals surface area contributed by atoms with Crippen LogP contribution in [0.1, 0.15) is 19.8 Å². The van der Waals surface area contributed by atoms with Crippen LogP contribution in [-0.2, 0) is 9.47 Å². The van der Waals surface area contributed by atoms with Crippen LogP contribution in [0.25, 0.3) is 0 Å². The highest BCUT2D eigenvalue weighted by molar-refractivity contribution is 5.33. The van der Waals surface area contributed by atoms with E-state index in [1.54, 1.807) is 12.5 Å². The first-order valence-electron chi connectivity index (χ1n) is 4.42. The lowest BCUT2D eigenvalue weighted by atomic mass is 10.0. The van der Waals surface area contributed by atoms with E-state index in [9.17, 15) is 0 Å². The summed E-state index contributed by atoms with van der Waals surface area (Å²) in [5.74, 6) is 1.64. The molecule has 0 saturated carbocycles. The molecule has 0 amide bonds. The maximum atomic E-state index is 5.52. The molecular formula is C11H12O2. The summed E-state index contributed by atoms with van der Waals surface area (Å²) >= 11 is 0. The van der Waals surface area contributed by atoms with Gasteiger partial charge in [-0.05, 0) is 25.3 Å². The molecule has 2 rings (SSSR count). The van der Waals surface area contributed by atoms with Crippen LogP contribution in [0.15, 0.2) is 47.8 Å². The van der Waals surface area contributed by atoms with E-state index in [-0.39, 0.29) is 0 Å². The summed E-state index contributed by atoms with van der Waals surface area (Å²) in [6, 6.07) is 0. The van der Waals surface area contributed by atoms with E-state index in [0.29, 0.717) is 0 Å². The maximum absolute atomic E-state index is 5.52. The molecule has 13 heavy (non-hydrogen) atoms. The first kappa shape index (κ1) is 8.17. The number of hydrogen-bond donors (Lipinski definition) is 0. The molecule has 1 aliphatic heterocycles. The van der Waals surface area contributed by atoms with Crippen LogP contribution in [0.2, 0.25) is 0 Å². The fourth-order valence-electron chi connectivity index (χ4n) is 1.36. The first-order chi connectivity index (χ1) is 6.36. The number of allylic oxidation sites excluding steroid dienone is 5. The van der Waals surface area contributed by atoms with Gasteiger partial charge in [-0.1, -0.05) is 18.2 Å². The van der Waals surface area contributed by atoms with Crippen molar-refractivity contribution in [2.45, 2.75) is 19.8 Å². The van der Waals surface area contributed by atoms with Crippen molar-refractivity contribution in [1.82, 2.24) is 0 Å². The molecule has 0 atom stereocenters. The average molecular weight is 176 g/mol. The second kappa shape index (κ2) is 3.52. The van der Waals surface area contributed by atoms with Gasteiger partial charge in [-0.3, -0.25) is 0 Å². The number of hydrogen-bond acceptors (Lipinski definition) is 2. The smallest absolute Gasteiger partial charge is 0.165 e. The Kier molecular flexibility index (Phi) is 2.21. The van der Waals surface area contributed by atoms with Crippen molar-refractivity contribution in [3.63, 3.8) is 0 Å². The topological polar surface area (TPSA) is 18.5 Å². The van der Waals surface area contributed by atoms with E-state index >= 15 is 0 Å². The minimum absolute atomic E-state index is 0.799. The van der Waals surface area contributed by atoms with Gasteiger partial charge in [-0.2, -0.15) is 0 Å². The van der Waals surface area contributed by atoms with Gasteiger partial charge < -0.3 is 9.47 Å². The highest BCUT2D eigenvalue weighted by Crippen LogP contribution is 2.25. The summed E-state index contributed by atoms with van der Waals surface area (Å²) in [6.07, 6.45) is 11.6. The minimum atomic E-state index is 0.799. The molecule has 0 N–H and O–H groups in total. The molecule has 1 heterocycles. The molecule has 0 aromatic carbocycles. The quantitative estimate of drug-likeness (QED) is 0.611. The monoisotopic (exact) mass is 176 g/mol. The summed E-state index contributed by atoms with van der Waals surface area (Å²) < 4.78 is 10.7. The van der Waals surface area contributed by atoms with Crippen molar-refractivity contribution in [3.8, 4) is 0 Å². The van der Waals surface area contributed by atoms with Gasteiger partial charge in [-0.15, -0.1) is 0 Å². The molecule has 0 bridgehead atoms. The molecule has 1 aliphatic carbocycles. The zero-order chi connectivity index (χ0) is 9.10. The zero-order valence-corrected chi connectivity index (χ0v) is 7.62. The van der Waals surface area contributed by atoms with E-state index in [4.69, 9.17) is 9.47 Å². The van der Waals surface area contributed by atoms with Crippen LogP contribution >= 0.6 is 0 Å². The predicted octanol–water partition coefficient (Wildman–Crippen LogP) is 3.01. The SMILES string of the molecule is CC1=COC=C(C2=CC=CCC2)O1. The van der Waals surface area contributed by atoms with E-state index in [1.807, 2.05) is 6.92 Å². The van der Waals surface area contributed by atoms with E-state index in [1.165, 1.54) is 5.57 Å². The summed E-state index contributed by atoms with van der Waals surface area (Å²) in [7, 11) is 0. The van der Waals surface area contributed by atoms with E-state index in [2.05, 4.69) is 18.2 Å². The Hall–Kier alpha value is -1.44. The van der Waals surface area contributed by atoms with Crippen molar-refractivity contribution >= 4 is 0 Å². The van der Waals surface area contributed by atoms with Gasteiger partial charge in [0.2, 0.25) is 0 Å². The molecule has 0 saturated heterocycles. The van der Waals surface area contributed by atoms with Gasteiger partial charge in [0.25, 0.3) is 0 Å². The van der Waals surface area contributed by atoms with Crippen molar-refractivity contribution in [2.24, 2.45) is 0 Å². The Morgan fingerprint density at radius 1 is 1.31 bits per heavy atom. The molecule has 0 spiro atoms. The van der Waals surface area contributed by atoms with Crippen molar-refractivity contribution in [2.75, 3.05) is 0 Å². The summed E-state index contributed by atoms with van der Waals surface area (Å²) in [5, 5.41) is 0. The molecule has 2 aliphatic rings. The highest BCUT2D eigenvalue weighted by atomic mass is 16.5. The van der Waals surface area contributed by atoms with Crippen LogP contribution in [0, 0.1) is 0 Å². The normalized spacial score (nSPS) is 20.8. The van der Waals surface area contributed by atoms with Gasteiger partial charge in [0.1, 0.15) is 18.3 Å². The van der Waals surface area contributed by atoms with E-state index < -0.39 is 0 Å². The largest absolute Gasteiger partial charge is 0.465 e. The summed E-state index contributed by atoms with van der Waals surface area (Å²) in [6.45, 7) is 1.88. The van der Waals surface area contributed by atoms with Gasteiger partial charge in [-0.25, -0.2) is 0 Å². The Morgan fingerprint density at radius 3 is 2.92 bits per heavy atom. The third-order valence-electron chi connectivity index (χ3n) is 2.01. The Labute approximate surface area is 77.8 Å². The standard InChI is InChI=1S/C11H12O2/c1-9-7-12-8-11(13-9)10-5-3-2-4-6-10/h2-3,5,7-8H,4,6H2,1H3. The molecular weight excluding hydrogens is 164 g/mol. The zero-order valence-electron chi connectivity index (χ0n) is 7.62. The molecule has 0 aromatic rings. The second-order valence-electron chi connectivity index (χ2n) is 3.11. The fourth-order valence-corrected chi connectivity index (χ4v) is 1.36. The Balaban J connectivity index is 2.13. The minimum Gasteiger partial charge on any atom is -0.465 e. The summed E-state index contributed by atoms with van der Waals surface area (Å²) in [4.78, 5) is 0. The van der Waals surface area contributed by atoms with Gasteiger partial charge >= 0.3 is 0 Å². The fraction of sp³-hybridized carbons (Fsp3) is 0.273. The van der Waals surface area contributed by atoms with Gasteiger partial charge in [0, 0.05) is 0 Å². The molecule has 2 nitrogen and oxygen atoms in total. The van der Waals surface area contributed by atoms with Crippen LogP contribution in [-0.4, -0.2) is 0 Å². The highest BCUT2D eigenvalue weighted by Gasteiger charge is 2.11. The van der Waals surface area contributed by atoms with Crippen molar-refractivity contribution in [3.05, 3.63) is 47.8 Å². The molecule has 0 radical (unpaired) electrons. The lowest BCUT2D eigenvalue weighted by Crippen LogP contribution is -2.01. The van der Waals surface area contributed by atoms with Crippen LogP contribution in [0.4, 0.5) is 0 Å². The predicted molar refractivity (Wildman–Crippen MR) is 50.5 cm³/mol. The van der Waals surface area contributed by atoms with Crippen LogP contribution in [0.5, 0.6) is 0 Å². The van der Waals surface area contributed by atoms with Gasteiger partial charge in [0.05, 0.1) is 0 Å². The van der Waals surface area contributed by atoms with Crippen molar-refractivity contribution in [1.29, 1.82) is 0 Å². The molecule has 0 fully saturated rings. The second-order valence-corrected chi connectivity index (χ2v) is 3.11. The molecule has 0 unspecified atom stereocenters. The maximum Gasteiger partial charge on any atom is 0.165 e. The summed E-state index contributed by atoms with van der Waals surface area (Å²) in [5.41, 5.74) is 1.20. The lowest BCUT2D eigenvalue weighted by molar-refractivity contribution is 0.230. The first-order valence-corrected chi connectivity index (χ1v) is 4.42. The van der Waals surface area contributed by atoms with Crippen molar-refractivity contribution < 1.29 is 9.47 Å². The van der Waals surface area contributed by atoms with Crippen LogP contribution < -0.4 is 0 Å². The third-order valence-corrected chi connectivity index (χ3v) is 2.01. The Bertz CT molecular complexity index is 319. The average Bonchev–Trinajstić information content (AvgIpc) is 2.19. The van der Waals surface area contributed by atoms with Crippen LogP contribution in [0.3, 0.4) is 0 Å². The Morgan fingerprint density at radius 2 is 2.23 bits per heavy atom. The lowest BCUT2D eigenvalue weighted by Gasteiger charge is -2.17. The van der Waals surface area contributed by atoms with Gasteiger partial charge in [0.15, 0.2) is 5.76 Å². The molecule has 68 valence electrons.